The molecule has 292 valence electrons. The third-order valence-corrected chi connectivity index (χ3v) is 12.5. The number of aliphatic hydroxyl groups excluding tert-OH is 3. The van der Waals surface area contributed by atoms with Crippen molar-refractivity contribution in [3.8, 4) is 0 Å². The Balaban J connectivity index is 0.00000336. The van der Waals surface area contributed by atoms with Gasteiger partial charge in [0.2, 0.25) is 33.2 Å². The van der Waals surface area contributed by atoms with Crippen LogP contribution in [0.1, 0.15) is 12.5 Å². The quantitative estimate of drug-likeness (QED) is 0.0351. The number of nitrogens with zero attached hydrogens (tertiary/aromatic N) is 6. The monoisotopic (exact) mass is 859 g/mol. The smallest absolute Gasteiger partial charge is 0.766 e. The number of anilines is 2. The normalized spacial score (nSPS) is 28.7. The molecule has 0 bridgehead atoms. The van der Waals surface area contributed by atoms with Crippen molar-refractivity contribution in [2.45, 2.75) is 49.1 Å². The van der Waals surface area contributed by atoms with Gasteiger partial charge in [-0.25, -0.2) is 9.55 Å². The Morgan fingerprint density at radius 2 is 1.56 bits per heavy atom. The number of aromatic amines is 2. The Morgan fingerprint density at radius 1 is 0.945 bits per heavy atom. The maximum Gasteiger partial charge on any atom is 1.00 e. The van der Waals surface area contributed by atoms with Crippen LogP contribution in [0.4, 0.5) is 11.9 Å². The summed E-state index contributed by atoms with van der Waals surface area (Å²) in [6.45, 7) is -2.20. The second-order valence-electron chi connectivity index (χ2n) is 11.5. The number of aryl methyl sites for hydroxylation is 1. The molecule has 0 amide bonds. The summed E-state index contributed by atoms with van der Waals surface area (Å²) in [4.78, 5) is 79.0. The number of aromatic nitrogens is 8. The number of methoxy groups -OCH3 is 1. The van der Waals surface area contributed by atoms with Crippen LogP contribution in [0, 0.1) is 0 Å². The van der Waals surface area contributed by atoms with Crippen molar-refractivity contribution in [3.05, 3.63) is 33.4 Å². The number of nitrogen functional groups attached to an aromatic ring is 2. The molecular weight excluding hydrogens is 829 g/mol. The van der Waals surface area contributed by atoms with E-state index in [4.69, 9.17) is 25.7 Å². The number of ether oxygens (including phenoxy) is 3. The largest absolute Gasteiger partial charge is 1.00 e. The molecule has 0 aliphatic carbocycles. The molecule has 0 spiro atoms. The third-order valence-electron chi connectivity index (χ3n) is 7.97. The summed E-state index contributed by atoms with van der Waals surface area (Å²) in [5, 5.41) is 31.7. The number of hydrogen-bond acceptors (Lipinski definition) is 22. The van der Waals surface area contributed by atoms with Crippen LogP contribution in [0.5, 0.6) is 0 Å². The molecule has 28 nitrogen and oxygen atoms in total. The van der Waals surface area contributed by atoms with Gasteiger partial charge in [-0.2, -0.15) is 9.84 Å². The summed E-state index contributed by atoms with van der Waals surface area (Å²) in [6, 6.07) is 0. The van der Waals surface area contributed by atoms with Crippen LogP contribution >= 0.6 is 23.3 Å². The molecule has 4 aromatic heterocycles. The van der Waals surface area contributed by atoms with E-state index in [1.54, 1.807) is 0 Å². The second kappa shape index (κ2) is 17.4. The van der Waals surface area contributed by atoms with Crippen LogP contribution in [0.15, 0.2) is 22.2 Å². The van der Waals surface area contributed by atoms with Gasteiger partial charge in [0, 0.05) is 7.11 Å². The van der Waals surface area contributed by atoms with Crippen molar-refractivity contribution in [1.29, 1.82) is 0 Å². The number of fused-ring (bicyclic) bond motifs is 2. The van der Waals surface area contributed by atoms with Gasteiger partial charge in [-0.3, -0.25) is 46.7 Å². The number of aliphatic hydroxyl groups is 3. The number of H-pyrrole nitrogens is 2. The molecule has 4 aromatic rings. The van der Waals surface area contributed by atoms with Crippen molar-refractivity contribution < 1.29 is 135 Å². The fourth-order valence-electron chi connectivity index (χ4n) is 5.70. The Bertz CT molecular complexity index is 2310. The predicted octanol–water partition coefficient (Wildman–Crippen LogP) is -12.2. The first-order valence-corrected chi connectivity index (χ1v) is 19.3. The number of hydrogen-bond donors (Lipinski definition) is 8. The first-order chi connectivity index (χ1) is 24.7. The first kappa shape index (κ1) is 46.2. The van der Waals surface area contributed by atoms with Gasteiger partial charge in [0.15, 0.2) is 23.7 Å². The Hall–Kier alpha value is -1.53. The predicted molar refractivity (Wildman–Crippen MR) is 164 cm³/mol. The van der Waals surface area contributed by atoms with Gasteiger partial charge < -0.3 is 64.7 Å². The van der Waals surface area contributed by atoms with E-state index >= 15 is 0 Å². The van der Waals surface area contributed by atoms with Crippen molar-refractivity contribution in [2.75, 3.05) is 31.8 Å². The van der Waals surface area contributed by atoms with Gasteiger partial charge >= 0.3 is 64.8 Å². The minimum Gasteiger partial charge on any atom is -0.766 e. The van der Waals surface area contributed by atoms with Crippen LogP contribution in [-0.4, -0.2) is 106 Å². The van der Waals surface area contributed by atoms with Crippen molar-refractivity contribution in [1.82, 2.24) is 38.9 Å². The molecular formula is C22H30N11Na2O17P3. The van der Waals surface area contributed by atoms with Crippen molar-refractivity contribution in [2.24, 2.45) is 7.05 Å². The maximum absolute atomic E-state index is 12.5. The molecule has 2 fully saturated rings. The zero-order chi connectivity index (χ0) is 38.8. The molecule has 2 aliphatic rings. The van der Waals surface area contributed by atoms with Gasteiger partial charge in [-0.15, -0.1) is 0 Å². The van der Waals surface area contributed by atoms with Gasteiger partial charge in [-0.05, 0) is 0 Å². The third kappa shape index (κ3) is 9.69. The molecule has 0 saturated carbocycles. The molecule has 0 aromatic carbocycles. The van der Waals surface area contributed by atoms with E-state index in [0.29, 0.717) is 0 Å². The summed E-state index contributed by atoms with van der Waals surface area (Å²) in [6.07, 6.45) is -9.99. The van der Waals surface area contributed by atoms with Gasteiger partial charge in [0.1, 0.15) is 36.6 Å². The van der Waals surface area contributed by atoms with Crippen LogP contribution < -0.4 is 106 Å². The maximum atomic E-state index is 12.5. The number of nitrogens with two attached hydrogens (primary N) is 2. The minimum absolute atomic E-state index is 0. The second-order valence-corrected chi connectivity index (χ2v) is 16.4. The minimum atomic E-state index is -6.11. The number of rotatable bonds is 13. The van der Waals surface area contributed by atoms with E-state index < -0.39 is 96.7 Å². The van der Waals surface area contributed by atoms with E-state index in [1.165, 1.54) is 29.6 Å². The molecule has 2 saturated heterocycles. The summed E-state index contributed by atoms with van der Waals surface area (Å²) in [7, 11) is -15.1. The molecule has 33 heteroatoms. The number of phosphoric acid groups is 1. The zero-order valence-corrected chi connectivity index (χ0v) is 35.6. The number of imidazole rings is 2. The van der Waals surface area contributed by atoms with E-state index in [9.17, 15) is 53.3 Å². The topological polar surface area (TPSA) is 419 Å². The van der Waals surface area contributed by atoms with Crippen LogP contribution in [0.2, 0.25) is 0 Å². The molecule has 2 aliphatic heterocycles. The standard InChI is InChI=1S/C22H32N11O17P3.2Na/c1-31-6-33(16-10(31)18(38)29-22(24)27-16)20-14(45-2)12(35)8(49-20)3-46-51(39,40)30-52(41,42)50-53(43,44)47-4-7-11(34)13(36)19(48-7)32-5-25-9-15(32)26-21(23)28-17(9)37;;/h5-8,11-14,19-20,34-36H,3-4H2,1-2H3,(H9-,23,24,26,27,28,29,30,37,38,39,40,41,42,43,44);;/q;2*+1/p-2/t7-,8-,11-,12-,13-,14-,19-,20-;;/m1../s1. The van der Waals surface area contributed by atoms with E-state index in [2.05, 4.69) is 38.3 Å². The van der Waals surface area contributed by atoms with Crippen molar-refractivity contribution >= 4 is 57.5 Å². The first-order valence-electron chi connectivity index (χ1n) is 14.8. The molecule has 6 rings (SSSR count). The average Bonchev–Trinajstić information content (AvgIpc) is 3.77. The number of phosphoric ester groups is 1. The zero-order valence-electron chi connectivity index (χ0n) is 28.9. The number of nitrogens with one attached hydrogen (secondary N) is 3. The average molecular weight is 859 g/mol. The molecule has 6 heterocycles. The molecule has 55 heavy (non-hydrogen) atoms. The fraction of sp³-hybridized carbons (Fsp3) is 0.545. The van der Waals surface area contributed by atoms with Gasteiger partial charge in [-0.1, -0.05) is 4.98 Å². The molecule has 3 unspecified atom stereocenters. The van der Waals surface area contributed by atoms with Crippen LogP contribution in [0.25, 0.3) is 22.3 Å². The summed E-state index contributed by atoms with van der Waals surface area (Å²) in [5.41, 5.74) is 9.56. The molecule has 10 N–H and O–H groups in total. The van der Waals surface area contributed by atoms with Gasteiger partial charge in [0.05, 0.1) is 26.6 Å². The summed E-state index contributed by atoms with van der Waals surface area (Å²) >= 11 is 0. The van der Waals surface area contributed by atoms with E-state index in [0.717, 1.165) is 15.8 Å². The SMILES string of the molecule is CO[C@@H]1[C@H](O)[C@@H](COP(=O)([O-])NP(=O)([O-])OP(=O)([O-])OC[C@H]2O[C@@H](n3cnc4c(=O)[nH]c(N)nc43)[C@H](O)[C@@H]2O)O[C@H]1[n+]1cn(C)c2c(=O)[nH]c(N)nc21.[Na+].[Na+]. The van der Waals surface area contributed by atoms with Crippen LogP contribution in [0.3, 0.4) is 0 Å². The Kier molecular flexibility index (Phi) is 14.6. The molecule has 0 radical (unpaired) electrons. The fourth-order valence-corrected chi connectivity index (χ4v) is 9.52. The van der Waals surface area contributed by atoms with Crippen LogP contribution in [-0.2, 0) is 48.3 Å². The van der Waals surface area contributed by atoms with Gasteiger partial charge in [0.25, 0.3) is 24.9 Å². The summed E-state index contributed by atoms with van der Waals surface area (Å²) in [5.74, 6) is -0.561. The van der Waals surface area contributed by atoms with Crippen molar-refractivity contribution in [3.63, 3.8) is 0 Å². The Morgan fingerprint density at radius 3 is 2.24 bits per heavy atom. The Labute approximate surface area is 350 Å². The molecule has 11 atom stereocenters. The summed E-state index contributed by atoms with van der Waals surface area (Å²) < 4.78 is 70.5. The van der Waals surface area contributed by atoms with E-state index in [-0.39, 0.29) is 93.3 Å². The van der Waals surface area contributed by atoms with E-state index in [1.807, 2.05) is 0 Å².